The molecule has 1 aromatic carbocycles. The molecule has 0 spiro atoms. The number of aldehydes is 1. The first-order valence-electron chi connectivity index (χ1n) is 4.87. The van der Waals surface area contributed by atoms with E-state index in [0.29, 0.717) is 0 Å². The van der Waals surface area contributed by atoms with Gasteiger partial charge in [-0.25, -0.2) is 0 Å². The summed E-state index contributed by atoms with van der Waals surface area (Å²) in [5.74, 6) is 0.284. The minimum atomic E-state index is 0.284. The van der Waals surface area contributed by atoms with Crippen LogP contribution in [-0.4, -0.2) is 6.29 Å². The van der Waals surface area contributed by atoms with Gasteiger partial charge in [-0.2, -0.15) is 0 Å². The first-order chi connectivity index (χ1) is 6.65. The van der Waals surface area contributed by atoms with Crippen LogP contribution in [0.4, 0.5) is 0 Å². The van der Waals surface area contributed by atoms with E-state index >= 15 is 0 Å². The molecule has 1 rings (SSSR count). The fraction of sp³-hybridized carbons (Fsp3) is 0.308. The molecule has 0 aliphatic heterocycles. The molecule has 0 unspecified atom stereocenters. The van der Waals surface area contributed by atoms with Crippen molar-refractivity contribution in [1.82, 2.24) is 0 Å². The van der Waals surface area contributed by atoms with Gasteiger partial charge >= 0.3 is 0 Å². The number of hydrogen-bond donors (Lipinski definition) is 0. The Hall–Kier alpha value is -1.37. The van der Waals surface area contributed by atoms with Crippen LogP contribution < -0.4 is 0 Å². The third-order valence-corrected chi connectivity index (χ3v) is 2.31. The van der Waals surface area contributed by atoms with Crippen molar-refractivity contribution in [3.8, 4) is 0 Å². The van der Waals surface area contributed by atoms with Crippen molar-refractivity contribution in [2.24, 2.45) is 5.92 Å². The lowest BCUT2D eigenvalue weighted by atomic mass is 9.99. The molecule has 0 N–H and O–H groups in total. The van der Waals surface area contributed by atoms with Crippen LogP contribution in [0.2, 0.25) is 0 Å². The summed E-state index contributed by atoms with van der Waals surface area (Å²) in [7, 11) is 0. The van der Waals surface area contributed by atoms with Gasteiger partial charge in [0.2, 0.25) is 0 Å². The quantitative estimate of drug-likeness (QED) is 0.525. The number of allylic oxidation sites excluding steroid dienone is 1. The topological polar surface area (TPSA) is 17.1 Å². The zero-order valence-electron chi connectivity index (χ0n) is 8.95. The molecule has 0 aliphatic rings. The predicted octanol–water partition coefficient (Wildman–Crippen LogP) is 3.23. The molecule has 0 heterocycles. The Labute approximate surface area is 85.5 Å². The van der Waals surface area contributed by atoms with Gasteiger partial charge in [-0.15, -0.1) is 0 Å². The van der Waals surface area contributed by atoms with Gasteiger partial charge < -0.3 is 0 Å². The highest BCUT2D eigenvalue weighted by Gasteiger charge is 2.02. The minimum Gasteiger partial charge on any atom is -0.298 e. The fourth-order valence-electron chi connectivity index (χ4n) is 1.27. The zero-order chi connectivity index (χ0) is 10.6. The minimum absolute atomic E-state index is 0.284. The highest BCUT2D eigenvalue weighted by Crippen LogP contribution is 2.15. The van der Waals surface area contributed by atoms with Crippen LogP contribution in [0.1, 0.15) is 25.0 Å². The summed E-state index contributed by atoms with van der Waals surface area (Å²) in [6.07, 6.45) is 2.91. The summed E-state index contributed by atoms with van der Waals surface area (Å²) >= 11 is 0. The average molecular weight is 188 g/mol. The van der Waals surface area contributed by atoms with E-state index in [1.54, 1.807) is 0 Å². The van der Waals surface area contributed by atoms with E-state index in [0.717, 1.165) is 17.4 Å². The molecule has 0 bridgehead atoms. The standard InChI is InChI=1S/C13H16O/c1-10(2)13(9-14)8-12-7-5-4-6-11(12)3/h4-10H,1-3H3. The number of carbonyl (C=O) groups is 1. The van der Waals surface area contributed by atoms with E-state index in [4.69, 9.17) is 0 Å². The maximum absolute atomic E-state index is 10.8. The molecular weight excluding hydrogens is 172 g/mol. The maximum Gasteiger partial charge on any atom is 0.146 e. The normalized spacial score (nSPS) is 11.9. The fourth-order valence-corrected chi connectivity index (χ4v) is 1.27. The van der Waals surface area contributed by atoms with Crippen LogP contribution in [0, 0.1) is 12.8 Å². The third-order valence-electron chi connectivity index (χ3n) is 2.31. The second kappa shape index (κ2) is 4.75. The van der Waals surface area contributed by atoms with Gasteiger partial charge in [0.15, 0.2) is 0 Å². The summed E-state index contributed by atoms with van der Waals surface area (Å²) in [4.78, 5) is 10.8. The first-order valence-corrected chi connectivity index (χ1v) is 4.87. The Morgan fingerprint density at radius 3 is 2.43 bits per heavy atom. The largest absolute Gasteiger partial charge is 0.298 e. The third kappa shape index (κ3) is 2.56. The first kappa shape index (κ1) is 10.7. The van der Waals surface area contributed by atoms with E-state index < -0.39 is 0 Å². The van der Waals surface area contributed by atoms with Crippen molar-refractivity contribution >= 4 is 12.4 Å². The number of hydrogen-bond acceptors (Lipinski definition) is 1. The molecule has 0 radical (unpaired) electrons. The van der Waals surface area contributed by atoms with Gasteiger partial charge in [0, 0.05) is 0 Å². The number of carbonyl (C=O) groups excluding carboxylic acids is 1. The number of benzene rings is 1. The van der Waals surface area contributed by atoms with Crippen molar-refractivity contribution < 1.29 is 4.79 Å². The molecule has 0 fully saturated rings. The monoisotopic (exact) mass is 188 g/mol. The van der Waals surface area contributed by atoms with Crippen molar-refractivity contribution in [1.29, 1.82) is 0 Å². The molecule has 14 heavy (non-hydrogen) atoms. The molecule has 0 aliphatic carbocycles. The van der Waals surface area contributed by atoms with E-state index in [9.17, 15) is 4.79 Å². The number of rotatable bonds is 3. The Bertz CT molecular complexity index is 348. The van der Waals surface area contributed by atoms with Gasteiger partial charge in [0.05, 0.1) is 0 Å². The van der Waals surface area contributed by atoms with Gasteiger partial charge in [0.1, 0.15) is 6.29 Å². The SMILES string of the molecule is Cc1ccccc1C=C(C=O)C(C)C. The molecule has 0 saturated heterocycles. The van der Waals surface area contributed by atoms with Crippen LogP contribution in [0.25, 0.3) is 6.08 Å². The van der Waals surface area contributed by atoms with Crippen LogP contribution in [0.3, 0.4) is 0 Å². The van der Waals surface area contributed by atoms with E-state index in [-0.39, 0.29) is 5.92 Å². The van der Waals surface area contributed by atoms with E-state index in [2.05, 4.69) is 13.0 Å². The van der Waals surface area contributed by atoms with E-state index in [1.807, 2.05) is 38.1 Å². The molecule has 0 amide bonds. The summed E-state index contributed by atoms with van der Waals surface area (Å²) in [5.41, 5.74) is 3.18. The van der Waals surface area contributed by atoms with Crippen LogP contribution in [-0.2, 0) is 4.79 Å². The Morgan fingerprint density at radius 1 is 1.29 bits per heavy atom. The van der Waals surface area contributed by atoms with Gasteiger partial charge in [0.25, 0.3) is 0 Å². The molecule has 0 aromatic heterocycles. The van der Waals surface area contributed by atoms with Crippen LogP contribution in [0.15, 0.2) is 29.8 Å². The summed E-state index contributed by atoms with van der Waals surface area (Å²) in [6, 6.07) is 8.07. The molecule has 0 saturated carbocycles. The Balaban J connectivity index is 3.06. The lowest BCUT2D eigenvalue weighted by Gasteiger charge is -2.05. The Kier molecular flexibility index (Phi) is 3.63. The number of aryl methyl sites for hydroxylation is 1. The van der Waals surface area contributed by atoms with Gasteiger partial charge in [-0.1, -0.05) is 38.1 Å². The summed E-state index contributed by atoms with van der Waals surface area (Å²) < 4.78 is 0. The lowest BCUT2D eigenvalue weighted by Crippen LogP contribution is -1.95. The van der Waals surface area contributed by atoms with E-state index in [1.165, 1.54) is 5.56 Å². The Morgan fingerprint density at radius 2 is 1.93 bits per heavy atom. The van der Waals surface area contributed by atoms with Gasteiger partial charge in [-0.05, 0) is 35.6 Å². The second-order valence-electron chi connectivity index (χ2n) is 3.77. The second-order valence-corrected chi connectivity index (χ2v) is 3.77. The highest BCUT2D eigenvalue weighted by molar-refractivity contribution is 5.82. The smallest absolute Gasteiger partial charge is 0.146 e. The van der Waals surface area contributed by atoms with Crippen molar-refractivity contribution in [2.75, 3.05) is 0 Å². The lowest BCUT2D eigenvalue weighted by molar-refractivity contribution is -0.105. The highest BCUT2D eigenvalue weighted by atomic mass is 16.1. The van der Waals surface area contributed by atoms with Crippen molar-refractivity contribution in [2.45, 2.75) is 20.8 Å². The van der Waals surface area contributed by atoms with Crippen molar-refractivity contribution in [3.05, 3.63) is 41.0 Å². The van der Waals surface area contributed by atoms with Crippen LogP contribution in [0.5, 0.6) is 0 Å². The zero-order valence-corrected chi connectivity index (χ0v) is 8.95. The maximum atomic E-state index is 10.8. The molecule has 1 heteroatoms. The van der Waals surface area contributed by atoms with Crippen LogP contribution >= 0.6 is 0 Å². The van der Waals surface area contributed by atoms with Crippen molar-refractivity contribution in [3.63, 3.8) is 0 Å². The molecular formula is C13H16O. The summed E-state index contributed by atoms with van der Waals surface area (Å²) in [6.45, 7) is 6.10. The predicted molar refractivity (Wildman–Crippen MR) is 60.1 cm³/mol. The average Bonchev–Trinajstić information content (AvgIpc) is 2.16. The molecule has 1 nitrogen and oxygen atoms in total. The molecule has 1 aromatic rings. The molecule has 0 atom stereocenters. The summed E-state index contributed by atoms with van der Waals surface area (Å²) in [5, 5.41) is 0. The van der Waals surface area contributed by atoms with Gasteiger partial charge in [-0.3, -0.25) is 4.79 Å². The molecule has 74 valence electrons.